The van der Waals surface area contributed by atoms with Crippen molar-refractivity contribution in [2.75, 3.05) is 24.6 Å². The Balaban J connectivity index is 1.22. The van der Waals surface area contributed by atoms with Gasteiger partial charge in [-0.1, -0.05) is 0 Å². The van der Waals surface area contributed by atoms with Gasteiger partial charge in [-0.05, 0) is 73.6 Å². The normalized spacial score (nSPS) is 30.2. The van der Waals surface area contributed by atoms with Crippen LogP contribution in [0.2, 0.25) is 0 Å². The Kier molecular flexibility index (Phi) is 4.73. The van der Waals surface area contributed by atoms with Crippen molar-refractivity contribution < 1.29 is 8.42 Å². The minimum Gasteiger partial charge on any atom is -0.299 e. The number of aryl methyl sites for hydroxylation is 2. The van der Waals surface area contributed by atoms with E-state index in [4.69, 9.17) is 0 Å². The smallest absolute Gasteiger partial charge is 0.151 e. The predicted molar refractivity (Wildman–Crippen MR) is 125 cm³/mol. The molecular weight excluding hydrogens is 422 g/mol. The first-order chi connectivity index (χ1) is 15.4. The highest BCUT2D eigenvalue weighted by Crippen LogP contribution is 2.48. The number of aromatic nitrogens is 4. The Morgan fingerprint density at radius 1 is 1.06 bits per heavy atom. The molecule has 6 rings (SSSR count). The van der Waals surface area contributed by atoms with E-state index in [0.717, 1.165) is 42.5 Å². The Morgan fingerprint density at radius 3 is 2.53 bits per heavy atom. The first kappa shape index (κ1) is 20.4. The number of benzene rings is 1. The standard InChI is InChI=1S/C24H31N5O2S/c1-16-6-18-10-26-29(22-11-25-27(2)14-22)24(18)9-23(16)17-7-19-12-28(13-20(19)8-17)21-4-3-5-32(30,31)15-21/h6,9-11,14,17,19-21H,3-5,7-8,12-13,15H2,1-2H3/t17?,19-,20+,21?. The number of rotatable bonds is 3. The summed E-state index contributed by atoms with van der Waals surface area (Å²) in [6.45, 7) is 4.36. The summed E-state index contributed by atoms with van der Waals surface area (Å²) in [6.07, 6.45) is 10.1. The number of fused-ring (bicyclic) bond motifs is 2. The molecule has 0 radical (unpaired) electrons. The highest BCUT2D eigenvalue weighted by Gasteiger charge is 2.44. The zero-order valence-corrected chi connectivity index (χ0v) is 19.6. The van der Waals surface area contributed by atoms with Crippen LogP contribution in [0, 0.1) is 18.8 Å². The summed E-state index contributed by atoms with van der Waals surface area (Å²) < 4.78 is 28.0. The third kappa shape index (κ3) is 3.48. The molecule has 0 spiro atoms. The summed E-state index contributed by atoms with van der Waals surface area (Å²) >= 11 is 0. The summed E-state index contributed by atoms with van der Waals surface area (Å²) in [7, 11) is -0.924. The second kappa shape index (κ2) is 7.42. The fourth-order valence-electron chi connectivity index (χ4n) is 6.54. The van der Waals surface area contributed by atoms with E-state index in [1.54, 1.807) is 4.68 Å². The van der Waals surface area contributed by atoms with Crippen LogP contribution in [-0.4, -0.2) is 63.5 Å². The summed E-state index contributed by atoms with van der Waals surface area (Å²) in [4.78, 5) is 2.50. The Labute approximate surface area is 189 Å². The van der Waals surface area contributed by atoms with Gasteiger partial charge in [0.25, 0.3) is 0 Å². The van der Waals surface area contributed by atoms with Gasteiger partial charge in [0.1, 0.15) is 5.69 Å². The summed E-state index contributed by atoms with van der Waals surface area (Å²) in [5, 5.41) is 10.1. The van der Waals surface area contributed by atoms with E-state index >= 15 is 0 Å². The zero-order valence-electron chi connectivity index (χ0n) is 18.8. The number of hydrogen-bond acceptors (Lipinski definition) is 5. The molecule has 2 aliphatic heterocycles. The molecule has 1 aromatic carbocycles. The molecule has 32 heavy (non-hydrogen) atoms. The number of sulfone groups is 1. The van der Waals surface area contributed by atoms with Gasteiger partial charge in [0.2, 0.25) is 0 Å². The average molecular weight is 454 g/mol. The quantitative estimate of drug-likeness (QED) is 0.609. The molecule has 3 fully saturated rings. The topological polar surface area (TPSA) is 73.0 Å². The molecule has 2 saturated heterocycles. The van der Waals surface area contributed by atoms with Crippen molar-refractivity contribution in [2.24, 2.45) is 18.9 Å². The number of nitrogens with zero attached hydrogens (tertiary/aromatic N) is 5. The molecule has 1 saturated carbocycles. The molecule has 4 atom stereocenters. The molecule has 7 nitrogen and oxygen atoms in total. The van der Waals surface area contributed by atoms with E-state index in [1.165, 1.54) is 24.0 Å². The number of likely N-dealkylation sites (tertiary alicyclic amines) is 1. The molecule has 0 N–H and O–H groups in total. The molecular formula is C24H31N5O2S. The summed E-state index contributed by atoms with van der Waals surface area (Å²) in [5.74, 6) is 2.68. The second-order valence-corrected chi connectivity index (χ2v) is 12.5. The van der Waals surface area contributed by atoms with Gasteiger partial charge in [-0.15, -0.1) is 0 Å². The van der Waals surface area contributed by atoms with E-state index in [9.17, 15) is 8.42 Å². The van der Waals surface area contributed by atoms with Gasteiger partial charge in [-0.2, -0.15) is 10.2 Å². The van der Waals surface area contributed by atoms with Crippen LogP contribution in [0.3, 0.4) is 0 Å². The van der Waals surface area contributed by atoms with Crippen LogP contribution in [0.15, 0.2) is 30.7 Å². The Bertz CT molecular complexity index is 1260. The first-order valence-electron chi connectivity index (χ1n) is 11.8. The maximum atomic E-state index is 12.1. The van der Waals surface area contributed by atoms with Gasteiger partial charge in [-0.25, -0.2) is 13.1 Å². The highest BCUT2D eigenvalue weighted by atomic mass is 32.2. The highest BCUT2D eigenvalue weighted by molar-refractivity contribution is 7.91. The molecule has 1 aliphatic carbocycles. The van der Waals surface area contributed by atoms with Crippen molar-refractivity contribution in [3.63, 3.8) is 0 Å². The third-order valence-corrected chi connectivity index (χ3v) is 9.87. The minimum atomic E-state index is -2.85. The van der Waals surface area contributed by atoms with Crippen molar-refractivity contribution in [3.8, 4) is 5.69 Å². The lowest BCUT2D eigenvalue weighted by Crippen LogP contribution is -2.42. The molecule has 3 aliphatic rings. The zero-order chi connectivity index (χ0) is 22.0. The third-order valence-electron chi connectivity index (χ3n) is 8.07. The van der Waals surface area contributed by atoms with Gasteiger partial charge in [-0.3, -0.25) is 9.58 Å². The van der Waals surface area contributed by atoms with Gasteiger partial charge in [0.15, 0.2) is 9.84 Å². The Morgan fingerprint density at radius 2 is 1.84 bits per heavy atom. The van der Waals surface area contributed by atoms with Crippen LogP contribution in [0.4, 0.5) is 0 Å². The lowest BCUT2D eigenvalue weighted by molar-refractivity contribution is 0.223. The van der Waals surface area contributed by atoms with Crippen LogP contribution in [-0.2, 0) is 16.9 Å². The summed E-state index contributed by atoms with van der Waals surface area (Å²) in [6, 6.07) is 4.87. The van der Waals surface area contributed by atoms with Crippen molar-refractivity contribution >= 4 is 20.7 Å². The SMILES string of the molecule is Cc1cc2cnn(-c3cnn(C)c3)c2cc1C1C[C@@H]2CN(C3CCCS(=O)(=O)C3)C[C@@H]2C1. The van der Waals surface area contributed by atoms with E-state index in [0.29, 0.717) is 29.3 Å². The van der Waals surface area contributed by atoms with Crippen LogP contribution < -0.4 is 0 Å². The molecule has 0 bridgehead atoms. The maximum Gasteiger partial charge on any atom is 0.151 e. The average Bonchev–Trinajstić information content (AvgIpc) is 3.48. The van der Waals surface area contributed by atoms with E-state index in [-0.39, 0.29) is 6.04 Å². The molecule has 3 aromatic rings. The number of hydrogen-bond donors (Lipinski definition) is 0. The monoisotopic (exact) mass is 453 g/mol. The largest absolute Gasteiger partial charge is 0.299 e. The molecule has 2 aromatic heterocycles. The Hall–Kier alpha value is -2.19. The van der Waals surface area contributed by atoms with Crippen LogP contribution in [0.25, 0.3) is 16.6 Å². The fraction of sp³-hybridized carbons (Fsp3) is 0.583. The molecule has 2 unspecified atom stereocenters. The fourth-order valence-corrected chi connectivity index (χ4v) is 8.28. The van der Waals surface area contributed by atoms with Gasteiger partial charge >= 0.3 is 0 Å². The van der Waals surface area contributed by atoms with Crippen molar-refractivity contribution in [1.82, 2.24) is 24.5 Å². The summed E-state index contributed by atoms with van der Waals surface area (Å²) in [5.41, 5.74) is 4.93. The van der Waals surface area contributed by atoms with Gasteiger partial charge in [0.05, 0.1) is 35.6 Å². The van der Waals surface area contributed by atoms with E-state index in [2.05, 4.69) is 34.2 Å². The lowest BCUT2D eigenvalue weighted by atomic mass is 9.91. The van der Waals surface area contributed by atoms with Crippen molar-refractivity contribution in [2.45, 2.75) is 44.6 Å². The minimum absolute atomic E-state index is 0.240. The lowest BCUT2D eigenvalue weighted by Gasteiger charge is -2.31. The molecule has 170 valence electrons. The van der Waals surface area contributed by atoms with E-state index < -0.39 is 9.84 Å². The second-order valence-electron chi connectivity index (χ2n) is 10.2. The predicted octanol–water partition coefficient (Wildman–Crippen LogP) is 3.07. The van der Waals surface area contributed by atoms with Crippen molar-refractivity contribution in [3.05, 3.63) is 41.9 Å². The van der Waals surface area contributed by atoms with Crippen LogP contribution >= 0.6 is 0 Å². The van der Waals surface area contributed by atoms with Crippen LogP contribution in [0.1, 0.15) is 42.7 Å². The molecule has 4 heterocycles. The van der Waals surface area contributed by atoms with E-state index in [1.807, 2.05) is 30.3 Å². The van der Waals surface area contributed by atoms with Crippen LogP contribution in [0.5, 0.6) is 0 Å². The van der Waals surface area contributed by atoms with Gasteiger partial charge in [0, 0.05) is 31.6 Å². The van der Waals surface area contributed by atoms with Gasteiger partial charge < -0.3 is 0 Å². The molecule has 0 amide bonds. The molecule has 8 heteroatoms. The maximum absolute atomic E-state index is 12.1. The first-order valence-corrected chi connectivity index (χ1v) is 13.6. The van der Waals surface area contributed by atoms with Crippen molar-refractivity contribution in [1.29, 1.82) is 0 Å².